The van der Waals surface area contributed by atoms with Gasteiger partial charge in [-0.1, -0.05) is 47.5 Å². The zero-order chi connectivity index (χ0) is 18.5. The minimum Gasteiger partial charge on any atom is -0.328 e. The monoisotopic (exact) mass is 373 g/mol. The second-order valence-corrected chi connectivity index (χ2v) is 6.99. The number of hydrogen-bond donors (Lipinski definition) is 1. The maximum absolute atomic E-state index is 10.9. The molecule has 0 spiro atoms. The molecule has 1 saturated heterocycles. The Morgan fingerprint density at radius 2 is 1.92 bits per heavy atom. The summed E-state index contributed by atoms with van der Waals surface area (Å²) >= 11 is 5.83. The Morgan fingerprint density at radius 1 is 1.23 bits per heavy atom. The van der Waals surface area contributed by atoms with Crippen LogP contribution in [0.2, 0.25) is 5.02 Å². The van der Waals surface area contributed by atoms with E-state index in [1.165, 1.54) is 23.3 Å². The number of quaternary nitrogens is 1. The first-order chi connectivity index (χ1) is 12.5. The summed E-state index contributed by atoms with van der Waals surface area (Å²) in [7, 11) is 0. The van der Waals surface area contributed by atoms with Crippen LogP contribution in [-0.2, 0) is 6.54 Å². The summed E-state index contributed by atoms with van der Waals surface area (Å²) in [6.07, 6.45) is 1.66. The fourth-order valence-corrected chi connectivity index (χ4v) is 3.18. The van der Waals surface area contributed by atoms with Crippen LogP contribution in [0.1, 0.15) is 16.7 Å². The number of aryl methyl sites for hydroxylation is 1. The second kappa shape index (κ2) is 8.29. The molecule has 0 atom stereocenters. The number of nitrogens with one attached hydrogen (secondary N) is 1. The molecular weight excluding hydrogens is 352 g/mol. The number of nitrogens with zero attached hydrogens (tertiary/aromatic N) is 3. The van der Waals surface area contributed by atoms with Gasteiger partial charge in [-0.3, -0.25) is 15.1 Å². The Kier molecular flexibility index (Phi) is 5.85. The molecule has 0 aliphatic carbocycles. The molecule has 26 heavy (non-hydrogen) atoms. The molecule has 1 aliphatic heterocycles. The molecule has 2 aromatic carbocycles. The highest BCUT2D eigenvalue weighted by Gasteiger charge is 2.19. The van der Waals surface area contributed by atoms with Crippen molar-refractivity contribution in [1.82, 2.24) is 5.01 Å². The van der Waals surface area contributed by atoms with Crippen LogP contribution in [0.5, 0.6) is 0 Å². The molecule has 1 N–H and O–H groups in total. The van der Waals surface area contributed by atoms with Crippen LogP contribution in [0.15, 0.2) is 47.6 Å². The number of benzene rings is 2. The molecular formula is C19H22ClN4O2+. The Hall–Kier alpha value is -2.44. The van der Waals surface area contributed by atoms with Crippen LogP contribution in [-0.4, -0.2) is 42.3 Å². The van der Waals surface area contributed by atoms with Crippen molar-refractivity contribution in [1.29, 1.82) is 0 Å². The lowest BCUT2D eigenvalue weighted by molar-refractivity contribution is -0.918. The summed E-state index contributed by atoms with van der Waals surface area (Å²) < 4.78 is 0. The van der Waals surface area contributed by atoms with Crippen molar-refractivity contribution in [3.05, 3.63) is 74.3 Å². The highest BCUT2D eigenvalue weighted by Crippen LogP contribution is 2.24. The molecule has 2 aromatic rings. The average Bonchev–Trinajstić information content (AvgIpc) is 2.64. The lowest BCUT2D eigenvalue weighted by Gasteiger charge is -2.30. The quantitative estimate of drug-likeness (QED) is 0.497. The van der Waals surface area contributed by atoms with Gasteiger partial charge in [-0.05, 0) is 13.0 Å². The summed E-state index contributed by atoms with van der Waals surface area (Å²) in [6.45, 7) is 6.91. The maximum atomic E-state index is 10.9. The largest absolute Gasteiger partial charge is 0.328 e. The van der Waals surface area contributed by atoms with Gasteiger partial charge in [-0.25, -0.2) is 0 Å². The van der Waals surface area contributed by atoms with Gasteiger partial charge in [-0.2, -0.15) is 5.10 Å². The van der Waals surface area contributed by atoms with E-state index in [1.54, 1.807) is 17.2 Å². The highest BCUT2D eigenvalue weighted by atomic mass is 35.5. The number of hydrogen-bond acceptors (Lipinski definition) is 4. The van der Waals surface area contributed by atoms with Crippen LogP contribution in [0.3, 0.4) is 0 Å². The van der Waals surface area contributed by atoms with Crippen molar-refractivity contribution in [2.75, 3.05) is 26.2 Å². The standard InChI is InChI=1S/C19H21ClN4O2/c1-15-2-4-16(5-3-15)14-22-8-10-23(11-9-22)21-13-17-6-7-18(20)19(12-17)24(25)26/h2-7,12-13H,8-11,14H2,1H3/p+1. The lowest BCUT2D eigenvalue weighted by Crippen LogP contribution is -3.13. The van der Waals surface area contributed by atoms with Gasteiger partial charge in [0.15, 0.2) is 0 Å². The van der Waals surface area contributed by atoms with Crippen LogP contribution >= 0.6 is 11.6 Å². The van der Waals surface area contributed by atoms with Gasteiger partial charge in [0.25, 0.3) is 5.69 Å². The van der Waals surface area contributed by atoms with Crippen molar-refractivity contribution in [2.45, 2.75) is 13.5 Å². The fraction of sp³-hybridized carbons (Fsp3) is 0.316. The molecule has 1 fully saturated rings. The number of nitro groups is 1. The fourth-order valence-electron chi connectivity index (χ4n) is 3.00. The van der Waals surface area contributed by atoms with Gasteiger partial charge in [0.05, 0.1) is 37.3 Å². The van der Waals surface area contributed by atoms with Crippen molar-refractivity contribution in [3.63, 3.8) is 0 Å². The van der Waals surface area contributed by atoms with Crippen LogP contribution in [0.25, 0.3) is 0 Å². The lowest BCUT2D eigenvalue weighted by atomic mass is 10.1. The molecule has 0 amide bonds. The Morgan fingerprint density at radius 3 is 2.58 bits per heavy atom. The van der Waals surface area contributed by atoms with E-state index in [2.05, 4.69) is 36.3 Å². The predicted octanol–water partition coefficient (Wildman–Crippen LogP) is 2.29. The molecule has 0 radical (unpaired) electrons. The summed E-state index contributed by atoms with van der Waals surface area (Å²) in [4.78, 5) is 12.0. The van der Waals surface area contributed by atoms with E-state index in [-0.39, 0.29) is 10.7 Å². The minimum atomic E-state index is -0.479. The van der Waals surface area contributed by atoms with E-state index in [0.717, 1.165) is 32.7 Å². The van der Waals surface area contributed by atoms with E-state index in [1.807, 2.05) is 5.01 Å². The summed E-state index contributed by atoms with van der Waals surface area (Å²) in [5.41, 5.74) is 3.22. The second-order valence-electron chi connectivity index (χ2n) is 6.58. The SMILES string of the molecule is Cc1ccc(C[NH+]2CCN(N=Cc3ccc(Cl)c([N+](=O)[O-])c3)CC2)cc1. The van der Waals surface area contributed by atoms with Crippen molar-refractivity contribution < 1.29 is 9.82 Å². The van der Waals surface area contributed by atoms with Gasteiger partial charge < -0.3 is 4.90 Å². The van der Waals surface area contributed by atoms with Crippen molar-refractivity contribution >= 4 is 23.5 Å². The van der Waals surface area contributed by atoms with E-state index >= 15 is 0 Å². The average molecular weight is 374 g/mol. The molecule has 0 saturated carbocycles. The number of hydrazone groups is 1. The Balaban J connectivity index is 1.53. The Bertz CT molecular complexity index is 800. The number of nitro benzene ring substituents is 1. The summed E-state index contributed by atoms with van der Waals surface area (Å²) in [6, 6.07) is 13.4. The number of piperazine rings is 1. The maximum Gasteiger partial charge on any atom is 0.288 e. The third-order valence-electron chi connectivity index (χ3n) is 4.56. The van der Waals surface area contributed by atoms with Crippen molar-refractivity contribution in [3.8, 4) is 0 Å². The topological polar surface area (TPSA) is 63.2 Å². The van der Waals surface area contributed by atoms with Gasteiger partial charge in [0, 0.05) is 17.2 Å². The molecule has 1 aliphatic rings. The number of halogens is 1. The summed E-state index contributed by atoms with van der Waals surface area (Å²) in [5, 5.41) is 17.6. The van der Waals surface area contributed by atoms with Crippen LogP contribution in [0.4, 0.5) is 5.69 Å². The van der Waals surface area contributed by atoms with Gasteiger partial charge >= 0.3 is 0 Å². The molecule has 6 nitrogen and oxygen atoms in total. The van der Waals surface area contributed by atoms with Crippen LogP contribution in [0, 0.1) is 17.0 Å². The van der Waals surface area contributed by atoms with E-state index in [4.69, 9.17) is 11.6 Å². The van der Waals surface area contributed by atoms with Crippen LogP contribution < -0.4 is 4.90 Å². The van der Waals surface area contributed by atoms with E-state index in [0.29, 0.717) is 5.56 Å². The van der Waals surface area contributed by atoms with E-state index < -0.39 is 4.92 Å². The first-order valence-electron chi connectivity index (χ1n) is 8.63. The molecule has 1 heterocycles. The third kappa shape index (κ3) is 4.80. The minimum absolute atomic E-state index is 0.0945. The number of rotatable bonds is 5. The molecule has 7 heteroatoms. The molecule has 0 unspecified atom stereocenters. The first-order valence-corrected chi connectivity index (χ1v) is 9.01. The smallest absolute Gasteiger partial charge is 0.288 e. The van der Waals surface area contributed by atoms with E-state index in [9.17, 15) is 10.1 Å². The van der Waals surface area contributed by atoms with Gasteiger partial charge in [0.2, 0.25) is 0 Å². The molecule has 136 valence electrons. The molecule has 0 aromatic heterocycles. The Labute approximate surface area is 157 Å². The third-order valence-corrected chi connectivity index (χ3v) is 4.88. The zero-order valence-corrected chi connectivity index (χ0v) is 15.4. The first kappa shape index (κ1) is 18.4. The molecule has 3 rings (SSSR count). The highest BCUT2D eigenvalue weighted by molar-refractivity contribution is 6.32. The normalized spacial score (nSPS) is 15.5. The summed E-state index contributed by atoms with van der Waals surface area (Å²) in [5.74, 6) is 0. The van der Waals surface area contributed by atoms with Gasteiger partial charge in [0.1, 0.15) is 11.6 Å². The predicted molar refractivity (Wildman–Crippen MR) is 103 cm³/mol. The zero-order valence-electron chi connectivity index (χ0n) is 14.7. The van der Waals surface area contributed by atoms with Gasteiger partial charge in [-0.15, -0.1) is 0 Å². The van der Waals surface area contributed by atoms with Crippen molar-refractivity contribution in [2.24, 2.45) is 5.10 Å². The molecule has 0 bridgehead atoms.